The van der Waals surface area contributed by atoms with Crippen molar-refractivity contribution >= 4 is 0 Å². The van der Waals surface area contributed by atoms with E-state index in [0.29, 0.717) is 5.41 Å². The summed E-state index contributed by atoms with van der Waals surface area (Å²) in [5, 5.41) is 0. The van der Waals surface area contributed by atoms with Gasteiger partial charge in [0.05, 0.1) is 6.61 Å². The lowest BCUT2D eigenvalue weighted by Crippen LogP contribution is -2.43. The first-order chi connectivity index (χ1) is 11.6. The van der Waals surface area contributed by atoms with Gasteiger partial charge < -0.3 is 4.74 Å². The van der Waals surface area contributed by atoms with Crippen LogP contribution in [0.25, 0.3) is 0 Å². The minimum Gasteiger partial charge on any atom is -0.494 e. The monoisotopic (exact) mass is 326 g/mol. The molecule has 0 aliphatic heterocycles. The van der Waals surface area contributed by atoms with Crippen molar-refractivity contribution < 1.29 is 4.74 Å². The molecule has 4 rings (SSSR count). The largest absolute Gasteiger partial charge is 0.494 e. The molecule has 1 aromatic carbocycles. The number of unbranched alkanes of at least 4 members (excludes halogenated alkanes) is 1. The summed E-state index contributed by atoms with van der Waals surface area (Å²) in [5.41, 5.74) is 3.88. The Morgan fingerprint density at radius 2 is 2.12 bits per heavy atom. The summed E-state index contributed by atoms with van der Waals surface area (Å²) in [5.74, 6) is 4.64. The lowest BCUT2D eigenvalue weighted by molar-refractivity contribution is 0.0239. The van der Waals surface area contributed by atoms with E-state index in [2.05, 4.69) is 39.0 Å². The summed E-state index contributed by atoms with van der Waals surface area (Å²) < 4.78 is 5.96. The molecule has 3 aliphatic carbocycles. The van der Waals surface area contributed by atoms with Crippen LogP contribution in [0.1, 0.15) is 82.8 Å². The molecule has 1 aromatic rings. The highest BCUT2D eigenvalue weighted by atomic mass is 16.5. The van der Waals surface area contributed by atoms with Crippen LogP contribution < -0.4 is 4.74 Å². The third kappa shape index (κ3) is 2.68. The topological polar surface area (TPSA) is 9.23 Å². The minimum atomic E-state index is 0.640. The van der Waals surface area contributed by atoms with E-state index in [4.69, 9.17) is 4.74 Å². The highest BCUT2D eigenvalue weighted by Gasteiger charge is 2.52. The van der Waals surface area contributed by atoms with Crippen molar-refractivity contribution in [2.75, 3.05) is 6.61 Å². The van der Waals surface area contributed by atoms with Crippen molar-refractivity contribution in [1.82, 2.24) is 0 Å². The maximum Gasteiger partial charge on any atom is 0.119 e. The number of fused-ring (bicyclic) bond motifs is 5. The predicted molar refractivity (Wildman–Crippen MR) is 101 cm³/mol. The number of hydrogen-bond donors (Lipinski definition) is 0. The van der Waals surface area contributed by atoms with Crippen LogP contribution in [0.3, 0.4) is 0 Å². The van der Waals surface area contributed by atoms with Gasteiger partial charge in [-0.3, -0.25) is 0 Å². The summed E-state index contributed by atoms with van der Waals surface area (Å²) in [4.78, 5) is 0. The van der Waals surface area contributed by atoms with Gasteiger partial charge in [-0.15, -0.1) is 0 Å². The second kappa shape index (κ2) is 6.39. The van der Waals surface area contributed by atoms with Crippen LogP contribution in [-0.4, -0.2) is 6.61 Å². The van der Waals surface area contributed by atoms with Gasteiger partial charge in [-0.2, -0.15) is 0 Å². The van der Waals surface area contributed by atoms with Gasteiger partial charge >= 0.3 is 0 Å². The molecule has 1 heteroatoms. The average molecular weight is 327 g/mol. The maximum absolute atomic E-state index is 5.96. The second-order valence-electron chi connectivity index (χ2n) is 9.13. The van der Waals surface area contributed by atoms with Crippen molar-refractivity contribution in [3.8, 4) is 5.75 Å². The van der Waals surface area contributed by atoms with Crippen molar-refractivity contribution in [2.45, 2.75) is 78.1 Å². The molecule has 1 nitrogen and oxygen atoms in total. The number of benzene rings is 1. The first-order valence-electron chi connectivity index (χ1n) is 10.4. The summed E-state index contributed by atoms with van der Waals surface area (Å²) in [7, 11) is 0. The van der Waals surface area contributed by atoms with Crippen LogP contribution in [0.4, 0.5) is 0 Å². The molecule has 3 aliphatic rings. The van der Waals surface area contributed by atoms with Gasteiger partial charge in [-0.05, 0) is 90.9 Å². The molecule has 0 radical (unpaired) electrons. The summed E-state index contributed by atoms with van der Waals surface area (Å²) >= 11 is 0. The van der Waals surface area contributed by atoms with Gasteiger partial charge in [0.25, 0.3) is 0 Å². The first-order valence-corrected chi connectivity index (χ1v) is 10.4. The molecule has 0 aromatic heterocycles. The third-order valence-electron chi connectivity index (χ3n) is 7.52. The normalized spacial score (nSPS) is 37.5. The van der Waals surface area contributed by atoms with Crippen LogP contribution in [-0.2, 0) is 6.42 Å². The summed E-state index contributed by atoms with van der Waals surface area (Å²) in [6.45, 7) is 8.20. The lowest BCUT2D eigenvalue weighted by Gasteiger charge is -2.52. The molecule has 132 valence electrons. The van der Waals surface area contributed by atoms with Gasteiger partial charge in [0.15, 0.2) is 0 Å². The third-order valence-corrected chi connectivity index (χ3v) is 7.52. The second-order valence-corrected chi connectivity index (χ2v) is 9.13. The van der Waals surface area contributed by atoms with E-state index in [-0.39, 0.29) is 0 Å². The Morgan fingerprint density at radius 3 is 2.96 bits per heavy atom. The minimum absolute atomic E-state index is 0.640. The van der Waals surface area contributed by atoms with Gasteiger partial charge in [0, 0.05) is 0 Å². The van der Waals surface area contributed by atoms with E-state index in [1.54, 1.807) is 11.1 Å². The van der Waals surface area contributed by atoms with E-state index in [1.807, 2.05) is 0 Å². The molecule has 0 amide bonds. The zero-order chi connectivity index (χ0) is 16.7. The van der Waals surface area contributed by atoms with E-state index >= 15 is 0 Å². The van der Waals surface area contributed by atoms with E-state index < -0.39 is 0 Å². The molecular weight excluding hydrogens is 292 g/mol. The molecule has 24 heavy (non-hydrogen) atoms. The predicted octanol–water partition coefficient (Wildman–Crippen LogP) is 6.36. The fraction of sp³-hybridized carbons (Fsp3) is 0.739. The molecule has 0 N–H and O–H groups in total. The fourth-order valence-corrected chi connectivity index (χ4v) is 6.57. The van der Waals surface area contributed by atoms with E-state index in [1.165, 1.54) is 44.9 Å². The number of rotatable bonds is 4. The van der Waals surface area contributed by atoms with Crippen LogP contribution in [0.5, 0.6) is 5.75 Å². The Labute approximate surface area is 148 Å². The standard InChI is InChI=1S/C23H34O/c1-4-5-13-24-18-9-11-19-17(14-18)8-10-20-21-7-6-12-23(21,3)15-16(2)22(19)20/h9,11,14,16,20-22H,4-8,10,12-13,15H2,1-3H3/t16-,20?,21?,22?,23-/m0/s1. The van der Waals surface area contributed by atoms with Gasteiger partial charge in [-0.25, -0.2) is 0 Å². The lowest BCUT2D eigenvalue weighted by atomic mass is 9.52. The molecule has 0 bridgehead atoms. The van der Waals surface area contributed by atoms with Crippen LogP contribution in [0.2, 0.25) is 0 Å². The molecule has 2 saturated carbocycles. The van der Waals surface area contributed by atoms with Crippen molar-refractivity contribution in [1.29, 1.82) is 0 Å². The molecule has 0 spiro atoms. The SMILES string of the molecule is CCCCOc1ccc2c(c1)CCC1C2[C@@H](C)C[C@]2(C)CCCC12. The Kier molecular flexibility index (Phi) is 4.39. The summed E-state index contributed by atoms with van der Waals surface area (Å²) in [6, 6.07) is 7.02. The number of aryl methyl sites for hydroxylation is 1. The Balaban J connectivity index is 1.59. The van der Waals surface area contributed by atoms with Gasteiger partial charge in [0.2, 0.25) is 0 Å². The average Bonchev–Trinajstić information content (AvgIpc) is 2.95. The smallest absolute Gasteiger partial charge is 0.119 e. The van der Waals surface area contributed by atoms with Crippen molar-refractivity contribution in [3.05, 3.63) is 29.3 Å². The van der Waals surface area contributed by atoms with Gasteiger partial charge in [0.1, 0.15) is 5.75 Å². The number of hydrogen-bond acceptors (Lipinski definition) is 1. The number of ether oxygens (including phenoxy) is 1. The maximum atomic E-state index is 5.96. The van der Waals surface area contributed by atoms with E-state index in [0.717, 1.165) is 42.4 Å². The quantitative estimate of drug-likeness (QED) is 0.585. The molecule has 3 unspecified atom stereocenters. The Morgan fingerprint density at radius 1 is 1.25 bits per heavy atom. The zero-order valence-corrected chi connectivity index (χ0v) is 15.8. The van der Waals surface area contributed by atoms with Gasteiger partial charge in [-0.1, -0.05) is 39.7 Å². The Bertz CT molecular complexity index is 592. The fourth-order valence-electron chi connectivity index (χ4n) is 6.57. The van der Waals surface area contributed by atoms with Crippen LogP contribution in [0.15, 0.2) is 18.2 Å². The molecule has 0 heterocycles. The zero-order valence-electron chi connectivity index (χ0n) is 15.8. The molecule has 5 atom stereocenters. The Hall–Kier alpha value is -0.980. The van der Waals surface area contributed by atoms with E-state index in [9.17, 15) is 0 Å². The molecule has 2 fully saturated rings. The van der Waals surface area contributed by atoms with Crippen molar-refractivity contribution in [3.63, 3.8) is 0 Å². The molecular formula is C23H34O. The van der Waals surface area contributed by atoms with Crippen LogP contribution >= 0.6 is 0 Å². The first kappa shape index (κ1) is 16.5. The van der Waals surface area contributed by atoms with Crippen molar-refractivity contribution in [2.24, 2.45) is 23.2 Å². The summed E-state index contributed by atoms with van der Waals surface area (Å²) in [6.07, 6.45) is 10.9. The highest BCUT2D eigenvalue weighted by molar-refractivity contribution is 5.41. The highest BCUT2D eigenvalue weighted by Crippen LogP contribution is 2.62. The molecule has 0 saturated heterocycles. The van der Waals surface area contributed by atoms with Crippen LogP contribution in [0, 0.1) is 23.2 Å².